The minimum absolute atomic E-state index is 0.578. The van der Waals surface area contributed by atoms with E-state index in [1.54, 1.807) is 0 Å². The van der Waals surface area contributed by atoms with Gasteiger partial charge in [0.2, 0.25) is 0 Å². The Hall–Kier alpha value is -0.740. The van der Waals surface area contributed by atoms with Crippen molar-refractivity contribution >= 4 is 15.9 Å². The zero-order valence-corrected chi connectivity index (χ0v) is 11.3. The number of fused-ring (bicyclic) bond motifs is 1. The SMILES string of the molecule is Brc1c(C2CCCNC2)ccc2c1OCCO2. The third-order valence-electron chi connectivity index (χ3n) is 3.41. The number of nitrogens with one attached hydrogen (secondary N) is 1. The van der Waals surface area contributed by atoms with Crippen molar-refractivity contribution in [3.8, 4) is 11.5 Å². The Morgan fingerprint density at radius 3 is 2.94 bits per heavy atom. The van der Waals surface area contributed by atoms with Crippen LogP contribution in [0.4, 0.5) is 0 Å². The molecule has 0 aromatic heterocycles. The van der Waals surface area contributed by atoms with Gasteiger partial charge in [0.1, 0.15) is 13.2 Å². The van der Waals surface area contributed by atoms with Gasteiger partial charge in [-0.3, -0.25) is 0 Å². The van der Waals surface area contributed by atoms with Gasteiger partial charge in [-0.05, 0) is 52.9 Å². The molecule has 1 aromatic rings. The van der Waals surface area contributed by atoms with E-state index in [0.717, 1.165) is 29.1 Å². The quantitative estimate of drug-likeness (QED) is 0.864. The lowest BCUT2D eigenvalue weighted by Gasteiger charge is -2.27. The molecule has 1 N–H and O–H groups in total. The molecule has 4 heteroatoms. The maximum Gasteiger partial charge on any atom is 0.175 e. The molecule has 1 fully saturated rings. The maximum atomic E-state index is 5.69. The molecule has 0 aliphatic carbocycles. The van der Waals surface area contributed by atoms with Crippen LogP contribution in [0.5, 0.6) is 11.5 Å². The van der Waals surface area contributed by atoms with E-state index in [0.29, 0.717) is 19.1 Å². The molecule has 0 bridgehead atoms. The molecule has 1 unspecified atom stereocenters. The predicted molar refractivity (Wildman–Crippen MR) is 70.0 cm³/mol. The number of ether oxygens (including phenoxy) is 2. The Bertz CT molecular complexity index is 416. The van der Waals surface area contributed by atoms with Gasteiger partial charge in [0.15, 0.2) is 11.5 Å². The van der Waals surface area contributed by atoms with Crippen LogP contribution in [0.15, 0.2) is 16.6 Å². The molecule has 1 aromatic carbocycles. The zero-order chi connectivity index (χ0) is 11.7. The largest absolute Gasteiger partial charge is 0.486 e. The van der Waals surface area contributed by atoms with Gasteiger partial charge in [-0.1, -0.05) is 6.07 Å². The van der Waals surface area contributed by atoms with Crippen molar-refractivity contribution in [3.05, 3.63) is 22.2 Å². The lowest BCUT2D eigenvalue weighted by Crippen LogP contribution is -2.28. The molecule has 0 saturated carbocycles. The van der Waals surface area contributed by atoms with Crippen molar-refractivity contribution in [1.29, 1.82) is 0 Å². The summed E-state index contributed by atoms with van der Waals surface area (Å²) in [4.78, 5) is 0. The number of benzene rings is 1. The molecule has 0 amide bonds. The molecule has 17 heavy (non-hydrogen) atoms. The first-order valence-electron chi connectivity index (χ1n) is 6.15. The lowest BCUT2D eigenvalue weighted by molar-refractivity contribution is 0.170. The average Bonchev–Trinajstić information content (AvgIpc) is 2.40. The highest BCUT2D eigenvalue weighted by Gasteiger charge is 2.23. The van der Waals surface area contributed by atoms with Gasteiger partial charge in [-0.25, -0.2) is 0 Å². The summed E-state index contributed by atoms with van der Waals surface area (Å²) < 4.78 is 12.3. The van der Waals surface area contributed by atoms with Crippen LogP contribution in [0.3, 0.4) is 0 Å². The Balaban J connectivity index is 1.94. The molecule has 1 atom stereocenters. The lowest BCUT2D eigenvalue weighted by atomic mass is 9.91. The molecular formula is C13H16BrNO2. The molecule has 92 valence electrons. The van der Waals surface area contributed by atoms with Crippen LogP contribution in [0, 0.1) is 0 Å². The summed E-state index contributed by atoms with van der Waals surface area (Å²) in [6.45, 7) is 3.47. The summed E-state index contributed by atoms with van der Waals surface area (Å²) in [5, 5.41) is 3.45. The summed E-state index contributed by atoms with van der Waals surface area (Å²) in [6.07, 6.45) is 2.48. The second-order valence-corrected chi connectivity index (χ2v) is 5.33. The molecule has 2 aliphatic rings. The van der Waals surface area contributed by atoms with Gasteiger partial charge in [0.25, 0.3) is 0 Å². The van der Waals surface area contributed by atoms with Crippen LogP contribution in [0.1, 0.15) is 24.3 Å². The number of piperidine rings is 1. The summed E-state index contributed by atoms with van der Waals surface area (Å²) in [7, 11) is 0. The molecule has 3 nitrogen and oxygen atoms in total. The van der Waals surface area contributed by atoms with Crippen LogP contribution in [-0.4, -0.2) is 26.3 Å². The van der Waals surface area contributed by atoms with Crippen LogP contribution in [0.25, 0.3) is 0 Å². The number of hydrogen-bond donors (Lipinski definition) is 1. The number of hydrogen-bond acceptors (Lipinski definition) is 3. The first kappa shape index (κ1) is 11.4. The van der Waals surface area contributed by atoms with Gasteiger partial charge in [0.05, 0.1) is 4.47 Å². The number of halogens is 1. The van der Waals surface area contributed by atoms with Gasteiger partial charge in [-0.15, -0.1) is 0 Å². The Morgan fingerprint density at radius 1 is 1.24 bits per heavy atom. The zero-order valence-electron chi connectivity index (χ0n) is 9.67. The highest BCUT2D eigenvalue weighted by atomic mass is 79.9. The second-order valence-electron chi connectivity index (χ2n) is 4.54. The third-order valence-corrected chi connectivity index (χ3v) is 4.23. The van der Waals surface area contributed by atoms with Crippen LogP contribution in [0.2, 0.25) is 0 Å². The van der Waals surface area contributed by atoms with Crippen LogP contribution >= 0.6 is 15.9 Å². The Kier molecular flexibility index (Phi) is 3.25. The highest BCUT2D eigenvalue weighted by Crippen LogP contribution is 2.43. The first-order valence-corrected chi connectivity index (χ1v) is 6.94. The molecule has 0 radical (unpaired) electrons. The van der Waals surface area contributed by atoms with E-state index in [1.165, 1.54) is 18.4 Å². The van der Waals surface area contributed by atoms with Gasteiger partial charge >= 0.3 is 0 Å². The topological polar surface area (TPSA) is 30.5 Å². The van der Waals surface area contributed by atoms with Crippen molar-refractivity contribution < 1.29 is 9.47 Å². The summed E-state index contributed by atoms with van der Waals surface area (Å²) >= 11 is 3.67. The fourth-order valence-electron chi connectivity index (χ4n) is 2.53. The van der Waals surface area contributed by atoms with Crippen molar-refractivity contribution in [2.75, 3.05) is 26.3 Å². The van der Waals surface area contributed by atoms with Crippen LogP contribution in [-0.2, 0) is 0 Å². The third kappa shape index (κ3) is 2.16. The van der Waals surface area contributed by atoms with Crippen molar-refractivity contribution in [2.45, 2.75) is 18.8 Å². The Morgan fingerprint density at radius 2 is 2.12 bits per heavy atom. The van der Waals surface area contributed by atoms with E-state index in [-0.39, 0.29) is 0 Å². The van der Waals surface area contributed by atoms with Gasteiger partial charge in [0, 0.05) is 6.54 Å². The van der Waals surface area contributed by atoms with Crippen molar-refractivity contribution in [1.82, 2.24) is 5.32 Å². The normalized spacial score (nSPS) is 23.5. The molecule has 0 spiro atoms. The summed E-state index contributed by atoms with van der Waals surface area (Å²) in [5.74, 6) is 2.31. The minimum atomic E-state index is 0.578. The minimum Gasteiger partial charge on any atom is -0.486 e. The monoisotopic (exact) mass is 297 g/mol. The molecular weight excluding hydrogens is 282 g/mol. The smallest absolute Gasteiger partial charge is 0.175 e. The van der Waals surface area contributed by atoms with Crippen molar-refractivity contribution in [3.63, 3.8) is 0 Å². The van der Waals surface area contributed by atoms with E-state index in [1.807, 2.05) is 6.07 Å². The predicted octanol–water partition coefficient (Wildman–Crippen LogP) is 2.69. The van der Waals surface area contributed by atoms with Gasteiger partial charge in [-0.2, -0.15) is 0 Å². The molecule has 2 heterocycles. The highest BCUT2D eigenvalue weighted by molar-refractivity contribution is 9.10. The van der Waals surface area contributed by atoms with E-state index in [4.69, 9.17) is 9.47 Å². The van der Waals surface area contributed by atoms with E-state index in [9.17, 15) is 0 Å². The molecule has 2 aliphatic heterocycles. The second kappa shape index (κ2) is 4.86. The summed E-state index contributed by atoms with van der Waals surface area (Å²) in [5.41, 5.74) is 1.33. The van der Waals surface area contributed by atoms with E-state index >= 15 is 0 Å². The molecule has 3 rings (SSSR count). The van der Waals surface area contributed by atoms with E-state index < -0.39 is 0 Å². The van der Waals surface area contributed by atoms with Crippen molar-refractivity contribution in [2.24, 2.45) is 0 Å². The Labute approximate surface area is 110 Å². The standard InChI is InChI=1S/C13H16BrNO2/c14-12-10(9-2-1-5-15-8-9)3-4-11-13(12)17-7-6-16-11/h3-4,9,15H,1-2,5-8H2. The fraction of sp³-hybridized carbons (Fsp3) is 0.538. The number of rotatable bonds is 1. The average molecular weight is 298 g/mol. The summed E-state index contributed by atoms with van der Waals surface area (Å²) in [6, 6.07) is 4.19. The fourth-order valence-corrected chi connectivity index (χ4v) is 3.30. The van der Waals surface area contributed by atoms with Crippen LogP contribution < -0.4 is 14.8 Å². The molecule has 1 saturated heterocycles. The maximum absolute atomic E-state index is 5.69. The van der Waals surface area contributed by atoms with E-state index in [2.05, 4.69) is 27.3 Å². The van der Waals surface area contributed by atoms with Gasteiger partial charge < -0.3 is 14.8 Å². The first-order chi connectivity index (χ1) is 8.36.